The van der Waals surface area contributed by atoms with Gasteiger partial charge in [0, 0.05) is 7.11 Å². The Morgan fingerprint density at radius 1 is 1.62 bits per heavy atom. The number of rotatable bonds is 5. The van der Waals surface area contributed by atoms with Gasteiger partial charge in [-0.15, -0.1) is 0 Å². The third kappa shape index (κ3) is 3.45. The molecule has 0 unspecified atom stereocenters. The first-order chi connectivity index (χ1) is 6.22. The standard InChI is InChI=1S/C6H11BN2O4/c1-12-3-2-9-5-6(4-8-9)13-7(10)11/h4-5,10-11H,2-3H2,1H3. The Hall–Kier alpha value is -1.05. The lowest BCUT2D eigenvalue weighted by atomic mass is 10.3. The molecule has 0 fully saturated rings. The molecule has 2 N–H and O–H groups in total. The summed E-state index contributed by atoms with van der Waals surface area (Å²) in [6.45, 7) is 1.14. The Kier molecular flexibility index (Phi) is 3.75. The van der Waals surface area contributed by atoms with Crippen LogP contribution in [0.4, 0.5) is 0 Å². The number of hydrogen-bond donors (Lipinski definition) is 2. The van der Waals surface area contributed by atoms with E-state index in [1.807, 2.05) is 0 Å². The highest BCUT2D eigenvalue weighted by molar-refractivity contribution is 6.33. The maximum atomic E-state index is 8.46. The van der Waals surface area contributed by atoms with Crippen LogP contribution in [-0.2, 0) is 11.3 Å². The van der Waals surface area contributed by atoms with Gasteiger partial charge in [-0.3, -0.25) is 4.68 Å². The van der Waals surface area contributed by atoms with Crippen molar-refractivity contribution in [1.29, 1.82) is 0 Å². The Morgan fingerprint density at radius 3 is 3.00 bits per heavy atom. The van der Waals surface area contributed by atoms with Crippen LogP contribution in [0.25, 0.3) is 0 Å². The van der Waals surface area contributed by atoms with Gasteiger partial charge in [0.15, 0.2) is 0 Å². The van der Waals surface area contributed by atoms with Gasteiger partial charge < -0.3 is 19.4 Å². The van der Waals surface area contributed by atoms with Crippen molar-refractivity contribution in [1.82, 2.24) is 9.78 Å². The predicted molar refractivity (Wildman–Crippen MR) is 44.9 cm³/mol. The zero-order valence-corrected chi connectivity index (χ0v) is 7.25. The quantitative estimate of drug-likeness (QED) is 0.569. The number of aromatic nitrogens is 2. The lowest BCUT2D eigenvalue weighted by molar-refractivity contribution is 0.183. The van der Waals surface area contributed by atoms with Gasteiger partial charge in [-0.05, 0) is 0 Å². The van der Waals surface area contributed by atoms with Crippen molar-refractivity contribution in [2.24, 2.45) is 0 Å². The highest BCUT2D eigenvalue weighted by Gasteiger charge is 2.12. The maximum absolute atomic E-state index is 8.46. The van der Waals surface area contributed by atoms with Gasteiger partial charge in [-0.2, -0.15) is 5.10 Å². The third-order valence-electron chi connectivity index (χ3n) is 1.38. The first-order valence-electron chi connectivity index (χ1n) is 3.76. The van der Waals surface area contributed by atoms with Crippen LogP contribution < -0.4 is 4.65 Å². The summed E-state index contributed by atoms with van der Waals surface area (Å²) in [5.41, 5.74) is 0. The monoisotopic (exact) mass is 186 g/mol. The topological polar surface area (TPSA) is 76.7 Å². The Bertz CT molecular complexity index is 253. The van der Waals surface area contributed by atoms with Crippen LogP contribution in [0.1, 0.15) is 0 Å². The van der Waals surface area contributed by atoms with Crippen LogP contribution in [0.5, 0.6) is 5.75 Å². The molecule has 0 aromatic carbocycles. The zero-order valence-electron chi connectivity index (χ0n) is 7.25. The number of ether oxygens (including phenoxy) is 1. The average Bonchev–Trinajstić information content (AvgIpc) is 2.48. The van der Waals surface area contributed by atoms with Crippen molar-refractivity contribution in [3.8, 4) is 5.75 Å². The van der Waals surface area contributed by atoms with Crippen LogP contribution in [0, 0.1) is 0 Å². The molecule has 0 spiro atoms. The van der Waals surface area contributed by atoms with E-state index in [1.54, 1.807) is 18.0 Å². The van der Waals surface area contributed by atoms with E-state index in [9.17, 15) is 0 Å². The summed E-state index contributed by atoms with van der Waals surface area (Å²) in [4.78, 5) is 0. The smallest absolute Gasteiger partial charge is 0.509 e. The van der Waals surface area contributed by atoms with Crippen LogP contribution >= 0.6 is 0 Å². The first kappa shape index (κ1) is 10.0. The molecule has 0 atom stereocenters. The lowest BCUT2D eigenvalue weighted by Gasteiger charge is -1.99. The van der Waals surface area contributed by atoms with Crippen molar-refractivity contribution in [2.75, 3.05) is 13.7 Å². The van der Waals surface area contributed by atoms with Gasteiger partial charge in [0.05, 0.1) is 25.5 Å². The average molecular weight is 186 g/mol. The molecule has 7 heteroatoms. The molecular formula is C6H11BN2O4. The molecule has 0 amide bonds. The fourth-order valence-corrected chi connectivity index (χ4v) is 0.834. The van der Waals surface area contributed by atoms with Gasteiger partial charge in [0.2, 0.25) is 0 Å². The van der Waals surface area contributed by atoms with Crippen molar-refractivity contribution < 1.29 is 19.4 Å². The van der Waals surface area contributed by atoms with Gasteiger partial charge >= 0.3 is 7.32 Å². The minimum absolute atomic E-state index is 0.311. The van der Waals surface area contributed by atoms with Crippen molar-refractivity contribution in [2.45, 2.75) is 6.54 Å². The molecule has 0 saturated carbocycles. The molecule has 0 saturated heterocycles. The zero-order chi connectivity index (χ0) is 9.68. The summed E-state index contributed by atoms with van der Waals surface area (Å²) >= 11 is 0. The second-order valence-electron chi connectivity index (χ2n) is 2.38. The van der Waals surface area contributed by atoms with E-state index < -0.39 is 7.32 Å². The molecule has 0 aliphatic carbocycles. The molecule has 0 aliphatic heterocycles. The fourth-order valence-electron chi connectivity index (χ4n) is 0.834. The van der Waals surface area contributed by atoms with E-state index in [2.05, 4.69) is 9.75 Å². The minimum atomic E-state index is -1.81. The molecular weight excluding hydrogens is 175 g/mol. The number of nitrogens with zero attached hydrogens (tertiary/aromatic N) is 2. The van der Waals surface area contributed by atoms with Gasteiger partial charge in [0.25, 0.3) is 0 Å². The second-order valence-corrected chi connectivity index (χ2v) is 2.38. The van der Waals surface area contributed by atoms with E-state index in [-0.39, 0.29) is 0 Å². The van der Waals surface area contributed by atoms with Gasteiger partial charge in [-0.25, -0.2) is 0 Å². The third-order valence-corrected chi connectivity index (χ3v) is 1.38. The van der Waals surface area contributed by atoms with Gasteiger partial charge in [-0.1, -0.05) is 0 Å². The summed E-state index contributed by atoms with van der Waals surface area (Å²) in [7, 11) is -0.210. The lowest BCUT2D eigenvalue weighted by Crippen LogP contribution is -2.20. The molecule has 6 nitrogen and oxygen atoms in total. The molecule has 1 rings (SSSR count). The molecule has 0 radical (unpaired) electrons. The van der Waals surface area contributed by atoms with Crippen LogP contribution in [0.2, 0.25) is 0 Å². The van der Waals surface area contributed by atoms with E-state index in [0.717, 1.165) is 0 Å². The number of hydrogen-bond acceptors (Lipinski definition) is 5. The highest BCUT2D eigenvalue weighted by atomic mass is 16.6. The SMILES string of the molecule is COCCn1cc(OB(O)O)cn1. The van der Waals surface area contributed by atoms with E-state index in [1.165, 1.54) is 6.20 Å². The fraction of sp³-hybridized carbons (Fsp3) is 0.500. The normalized spacial score (nSPS) is 10.1. The predicted octanol–water partition coefficient (Wildman–Crippen LogP) is -1.12. The van der Waals surface area contributed by atoms with Crippen molar-refractivity contribution >= 4 is 7.32 Å². The summed E-state index contributed by atoms with van der Waals surface area (Å²) in [5, 5.41) is 20.8. The molecule has 0 bridgehead atoms. The Labute approximate surface area is 75.9 Å². The number of methoxy groups -OCH3 is 1. The van der Waals surface area contributed by atoms with E-state index >= 15 is 0 Å². The van der Waals surface area contributed by atoms with Crippen molar-refractivity contribution in [3.05, 3.63) is 12.4 Å². The Morgan fingerprint density at radius 2 is 2.38 bits per heavy atom. The first-order valence-corrected chi connectivity index (χ1v) is 3.76. The minimum Gasteiger partial charge on any atom is -0.509 e. The van der Waals surface area contributed by atoms with Crippen LogP contribution in [0.3, 0.4) is 0 Å². The van der Waals surface area contributed by atoms with Crippen LogP contribution in [-0.4, -0.2) is 40.9 Å². The summed E-state index contributed by atoms with van der Waals surface area (Å²) in [5.74, 6) is 0.311. The summed E-state index contributed by atoms with van der Waals surface area (Å²) < 4.78 is 11.0. The molecule has 13 heavy (non-hydrogen) atoms. The molecule has 72 valence electrons. The second kappa shape index (κ2) is 4.85. The van der Waals surface area contributed by atoms with Crippen LogP contribution in [0.15, 0.2) is 12.4 Å². The maximum Gasteiger partial charge on any atom is 0.707 e. The summed E-state index contributed by atoms with van der Waals surface area (Å²) in [6.07, 6.45) is 2.95. The van der Waals surface area contributed by atoms with Gasteiger partial charge in [0.1, 0.15) is 5.75 Å². The van der Waals surface area contributed by atoms with Crippen molar-refractivity contribution in [3.63, 3.8) is 0 Å². The Balaban J connectivity index is 2.44. The molecule has 1 heterocycles. The van der Waals surface area contributed by atoms with E-state index in [4.69, 9.17) is 14.8 Å². The molecule has 1 aromatic heterocycles. The summed E-state index contributed by atoms with van der Waals surface area (Å²) in [6, 6.07) is 0. The molecule has 0 aliphatic rings. The molecule has 1 aromatic rings. The highest BCUT2D eigenvalue weighted by Crippen LogP contribution is 2.07. The van der Waals surface area contributed by atoms with E-state index in [0.29, 0.717) is 18.9 Å². The largest absolute Gasteiger partial charge is 0.707 e.